The lowest BCUT2D eigenvalue weighted by atomic mass is 10.00. The van der Waals surface area contributed by atoms with E-state index >= 15 is 0 Å². The summed E-state index contributed by atoms with van der Waals surface area (Å²) < 4.78 is 4.37. The van der Waals surface area contributed by atoms with E-state index in [4.69, 9.17) is 0 Å². The van der Waals surface area contributed by atoms with Gasteiger partial charge < -0.3 is 9.84 Å². The van der Waals surface area contributed by atoms with Crippen LogP contribution in [-0.4, -0.2) is 23.1 Å². The van der Waals surface area contributed by atoms with E-state index in [9.17, 15) is 14.7 Å². The van der Waals surface area contributed by atoms with E-state index in [1.54, 1.807) is 0 Å². The summed E-state index contributed by atoms with van der Waals surface area (Å²) in [5, 5.41) is 11.8. The number of aliphatic hydroxyl groups is 1. The summed E-state index contributed by atoms with van der Waals surface area (Å²) in [5.41, 5.74) is 0.839. The van der Waals surface area contributed by atoms with Crippen LogP contribution in [0.15, 0.2) is 42.5 Å². The van der Waals surface area contributed by atoms with Gasteiger partial charge in [0.2, 0.25) is 0 Å². The van der Waals surface area contributed by atoms with Crippen molar-refractivity contribution >= 4 is 22.7 Å². The van der Waals surface area contributed by atoms with Crippen molar-refractivity contribution in [3.8, 4) is 0 Å². The lowest BCUT2D eigenvalue weighted by Gasteiger charge is -2.10. The van der Waals surface area contributed by atoms with Gasteiger partial charge in [0.15, 0.2) is 6.10 Å². The summed E-state index contributed by atoms with van der Waals surface area (Å²) in [4.78, 5) is 22.1. The monoisotopic (exact) mass is 258 g/mol. The molecule has 0 fully saturated rings. The standard InChI is InChI=1S/C15H14O4/c1-10(16)19-15(18)14(17)9-12-7-4-6-11-5-2-3-8-13(11)12/h2-8,14,17H,9H2,1H3. The van der Waals surface area contributed by atoms with Crippen molar-refractivity contribution in [2.24, 2.45) is 0 Å². The van der Waals surface area contributed by atoms with Crippen LogP contribution in [0.1, 0.15) is 12.5 Å². The number of hydrogen-bond acceptors (Lipinski definition) is 4. The van der Waals surface area contributed by atoms with Gasteiger partial charge in [0.1, 0.15) is 0 Å². The highest BCUT2D eigenvalue weighted by molar-refractivity contribution is 5.89. The molecule has 2 aromatic rings. The fraction of sp³-hybridized carbons (Fsp3) is 0.200. The van der Waals surface area contributed by atoms with Crippen molar-refractivity contribution in [1.29, 1.82) is 0 Å². The molecule has 0 heterocycles. The Labute approximate surface area is 110 Å². The van der Waals surface area contributed by atoms with Gasteiger partial charge in [-0.25, -0.2) is 4.79 Å². The predicted molar refractivity (Wildman–Crippen MR) is 70.4 cm³/mol. The Morgan fingerprint density at radius 2 is 1.84 bits per heavy atom. The minimum Gasteiger partial charge on any atom is -0.391 e. The molecule has 98 valence electrons. The van der Waals surface area contributed by atoms with Crippen LogP contribution in [0.3, 0.4) is 0 Å². The molecule has 1 atom stereocenters. The van der Waals surface area contributed by atoms with Crippen molar-refractivity contribution in [1.82, 2.24) is 0 Å². The number of benzene rings is 2. The van der Waals surface area contributed by atoms with Crippen LogP contribution in [-0.2, 0) is 20.7 Å². The maximum atomic E-state index is 11.4. The first-order chi connectivity index (χ1) is 9.08. The van der Waals surface area contributed by atoms with Crippen molar-refractivity contribution in [2.75, 3.05) is 0 Å². The number of rotatable bonds is 3. The molecule has 2 rings (SSSR count). The lowest BCUT2D eigenvalue weighted by molar-refractivity contribution is -0.164. The third-order valence-corrected chi connectivity index (χ3v) is 2.81. The van der Waals surface area contributed by atoms with Crippen molar-refractivity contribution < 1.29 is 19.4 Å². The highest BCUT2D eigenvalue weighted by Crippen LogP contribution is 2.20. The van der Waals surface area contributed by atoms with Crippen molar-refractivity contribution in [2.45, 2.75) is 19.4 Å². The number of aliphatic hydroxyl groups excluding tert-OH is 1. The van der Waals surface area contributed by atoms with E-state index in [1.807, 2.05) is 42.5 Å². The molecule has 0 amide bonds. The topological polar surface area (TPSA) is 63.6 Å². The highest BCUT2D eigenvalue weighted by atomic mass is 16.6. The Balaban J connectivity index is 2.21. The molecule has 0 aliphatic carbocycles. The summed E-state index contributed by atoms with van der Waals surface area (Å²) in [6.45, 7) is 1.13. The molecule has 0 spiro atoms. The smallest absolute Gasteiger partial charge is 0.342 e. The molecule has 2 aromatic carbocycles. The molecule has 0 aromatic heterocycles. The maximum absolute atomic E-state index is 11.4. The molecule has 0 radical (unpaired) electrons. The van der Waals surface area contributed by atoms with Gasteiger partial charge in [-0.2, -0.15) is 0 Å². The average Bonchev–Trinajstić information content (AvgIpc) is 2.38. The Kier molecular flexibility index (Phi) is 3.92. The summed E-state index contributed by atoms with van der Waals surface area (Å²) in [5.74, 6) is -1.64. The molecule has 0 bridgehead atoms. The zero-order valence-corrected chi connectivity index (χ0v) is 10.5. The summed E-state index contributed by atoms with van der Waals surface area (Å²) >= 11 is 0. The van der Waals surface area contributed by atoms with Gasteiger partial charge in [-0.05, 0) is 16.3 Å². The Bertz CT molecular complexity index is 613. The summed E-state index contributed by atoms with van der Waals surface area (Å²) in [7, 11) is 0. The first kappa shape index (κ1) is 13.2. The van der Waals surface area contributed by atoms with Crippen LogP contribution >= 0.6 is 0 Å². The number of hydrogen-bond donors (Lipinski definition) is 1. The molecule has 4 heteroatoms. The number of carbonyl (C=O) groups is 2. The van der Waals surface area contributed by atoms with E-state index in [0.29, 0.717) is 0 Å². The quantitative estimate of drug-likeness (QED) is 0.674. The molecule has 1 N–H and O–H groups in total. The van der Waals surface area contributed by atoms with Crippen molar-refractivity contribution in [3.05, 3.63) is 48.0 Å². The maximum Gasteiger partial charge on any atom is 0.342 e. The predicted octanol–water partition coefficient (Wildman–Crippen LogP) is 1.83. The SMILES string of the molecule is CC(=O)OC(=O)C(O)Cc1cccc2ccccc12. The van der Waals surface area contributed by atoms with E-state index in [2.05, 4.69) is 4.74 Å². The average molecular weight is 258 g/mol. The van der Waals surface area contributed by atoms with Crippen LogP contribution in [0.25, 0.3) is 10.8 Å². The number of fused-ring (bicyclic) bond motifs is 1. The highest BCUT2D eigenvalue weighted by Gasteiger charge is 2.19. The molecular weight excluding hydrogens is 244 g/mol. The second kappa shape index (κ2) is 5.63. The second-order valence-corrected chi connectivity index (χ2v) is 4.27. The first-order valence-electron chi connectivity index (χ1n) is 5.95. The Morgan fingerprint density at radius 3 is 2.58 bits per heavy atom. The van der Waals surface area contributed by atoms with Crippen LogP contribution in [0, 0.1) is 0 Å². The van der Waals surface area contributed by atoms with Gasteiger partial charge in [-0.15, -0.1) is 0 Å². The molecule has 0 saturated carbocycles. The molecule has 0 aliphatic rings. The zero-order valence-electron chi connectivity index (χ0n) is 10.5. The van der Waals surface area contributed by atoms with Crippen LogP contribution < -0.4 is 0 Å². The van der Waals surface area contributed by atoms with Gasteiger partial charge in [-0.3, -0.25) is 4.79 Å². The first-order valence-corrected chi connectivity index (χ1v) is 5.95. The molecule has 1 unspecified atom stereocenters. The Morgan fingerprint density at radius 1 is 1.16 bits per heavy atom. The minimum atomic E-state index is -1.34. The summed E-state index contributed by atoms with van der Waals surface area (Å²) in [6, 6.07) is 13.4. The van der Waals surface area contributed by atoms with Crippen molar-refractivity contribution in [3.63, 3.8) is 0 Å². The fourth-order valence-electron chi connectivity index (χ4n) is 1.97. The van der Waals surface area contributed by atoms with E-state index in [1.165, 1.54) is 0 Å². The van der Waals surface area contributed by atoms with E-state index < -0.39 is 18.0 Å². The van der Waals surface area contributed by atoms with E-state index in [0.717, 1.165) is 23.3 Å². The van der Waals surface area contributed by atoms with Crippen LogP contribution in [0.2, 0.25) is 0 Å². The van der Waals surface area contributed by atoms with Gasteiger partial charge >= 0.3 is 11.9 Å². The fourth-order valence-corrected chi connectivity index (χ4v) is 1.97. The molecule has 0 aliphatic heterocycles. The van der Waals surface area contributed by atoms with Crippen LogP contribution in [0.5, 0.6) is 0 Å². The molecular formula is C15H14O4. The third kappa shape index (κ3) is 3.17. The Hall–Kier alpha value is -2.20. The lowest BCUT2D eigenvalue weighted by Crippen LogP contribution is -2.26. The van der Waals surface area contributed by atoms with Crippen LogP contribution in [0.4, 0.5) is 0 Å². The molecule has 4 nitrogen and oxygen atoms in total. The second-order valence-electron chi connectivity index (χ2n) is 4.27. The molecule has 0 saturated heterocycles. The van der Waals surface area contributed by atoms with Gasteiger partial charge in [0, 0.05) is 13.3 Å². The molecule has 19 heavy (non-hydrogen) atoms. The minimum absolute atomic E-state index is 0.119. The normalized spacial score (nSPS) is 12.1. The summed E-state index contributed by atoms with van der Waals surface area (Å²) in [6.07, 6.45) is -1.22. The van der Waals surface area contributed by atoms with Gasteiger partial charge in [0.05, 0.1) is 0 Å². The zero-order chi connectivity index (χ0) is 13.8. The number of ether oxygens (including phenoxy) is 1. The van der Waals surface area contributed by atoms with E-state index in [-0.39, 0.29) is 6.42 Å². The largest absolute Gasteiger partial charge is 0.391 e. The third-order valence-electron chi connectivity index (χ3n) is 2.81. The number of carbonyl (C=O) groups excluding carboxylic acids is 2. The van der Waals surface area contributed by atoms with Gasteiger partial charge in [0.25, 0.3) is 0 Å². The number of esters is 2. The van der Waals surface area contributed by atoms with Gasteiger partial charge in [-0.1, -0.05) is 42.5 Å².